The molecule has 0 bridgehead atoms. The third-order valence-electron chi connectivity index (χ3n) is 11.8. The number of carbonyl (C=O) groups excluding carboxylic acids is 4. The maximum absolute atomic E-state index is 11.5. The molecule has 10 aromatic heterocycles. The summed E-state index contributed by atoms with van der Waals surface area (Å²) in [6, 6.07) is 27.6. The van der Waals surface area contributed by atoms with Gasteiger partial charge in [-0.1, -0.05) is 105 Å². The normalized spacial score (nSPS) is 11.0. The fourth-order valence-electron chi connectivity index (χ4n) is 8.23. The van der Waals surface area contributed by atoms with Gasteiger partial charge in [0.25, 0.3) is 0 Å². The van der Waals surface area contributed by atoms with Crippen LogP contribution < -0.4 is 4.90 Å². The van der Waals surface area contributed by atoms with Crippen molar-refractivity contribution in [3.05, 3.63) is 173 Å². The summed E-state index contributed by atoms with van der Waals surface area (Å²) in [5.41, 5.74) is 7.28. The minimum Gasteiger partial charge on any atom is -0.370 e. The number of piperidine rings is 1. The van der Waals surface area contributed by atoms with Crippen LogP contribution in [0.5, 0.6) is 0 Å². The molecule has 0 spiro atoms. The second-order valence-electron chi connectivity index (χ2n) is 16.9. The van der Waals surface area contributed by atoms with Crippen molar-refractivity contribution >= 4 is 115 Å². The van der Waals surface area contributed by atoms with E-state index in [1.165, 1.54) is 64.3 Å². The van der Waals surface area contributed by atoms with Crippen LogP contribution in [0, 0.1) is 0 Å². The standard InChI is InChI=1S/C15H11NOS.2C14H10N2OS.C14H16N2OS.4C2H6.CH4/c1-10(17)14-7-12-13(8-16-9-15(12)18-14)11-5-3-2-4-6-11;1-9(17)13-5-11-12(7-16-8-14(11)18-13)10-3-2-4-15-6-10;1-9(17)13-6-10-11(7-15-8-14(10)18-13)12-4-2-3-5-16-12;1-10(17)13-7-11-12(8-15-9-14(11)18-13)16-5-3-2-4-6-16;4*1-2;/h2-9H,1H3;2*2-8H,1H3;7-9H,2-6H2,1H3;4*1-2H3;1H4. The van der Waals surface area contributed by atoms with E-state index in [-0.39, 0.29) is 30.6 Å². The quantitative estimate of drug-likeness (QED) is 0.134. The van der Waals surface area contributed by atoms with Gasteiger partial charge in [0.15, 0.2) is 23.1 Å². The Morgan fingerprint density at radius 1 is 0.395 bits per heavy atom. The molecule has 0 aliphatic carbocycles. The van der Waals surface area contributed by atoms with Crippen molar-refractivity contribution in [3.8, 4) is 33.5 Å². The van der Waals surface area contributed by atoms with E-state index in [0.717, 1.165) is 101 Å². The van der Waals surface area contributed by atoms with E-state index in [4.69, 9.17) is 0 Å². The molecule has 422 valence electrons. The van der Waals surface area contributed by atoms with Crippen molar-refractivity contribution in [3.63, 3.8) is 0 Å². The Bertz CT molecular complexity index is 3410. The summed E-state index contributed by atoms with van der Waals surface area (Å²) in [5.74, 6) is 0.424. The maximum atomic E-state index is 11.5. The number of hydrogen-bond acceptors (Lipinski definition) is 15. The molecule has 11 heterocycles. The molecule has 1 fully saturated rings. The molecule has 1 saturated heterocycles. The number of Topliss-reactive ketones (excluding diaryl/α,β-unsaturated/α-hetero) is 4. The minimum atomic E-state index is 0. The van der Waals surface area contributed by atoms with Crippen LogP contribution in [0.25, 0.3) is 73.9 Å². The summed E-state index contributed by atoms with van der Waals surface area (Å²) in [5, 5.41) is 4.39. The zero-order valence-corrected chi connectivity index (χ0v) is 51.1. The fraction of sp³-hybridized carbons (Fsp3) is 0.273. The number of carbonyl (C=O) groups is 4. The highest BCUT2D eigenvalue weighted by Gasteiger charge is 2.18. The lowest BCUT2D eigenvalue weighted by molar-refractivity contribution is 0.101. The van der Waals surface area contributed by atoms with Gasteiger partial charge in [0.1, 0.15) is 0 Å². The van der Waals surface area contributed by atoms with E-state index >= 15 is 0 Å². The lowest BCUT2D eigenvalue weighted by Crippen LogP contribution is -2.29. The summed E-state index contributed by atoms with van der Waals surface area (Å²) in [7, 11) is 0. The molecule has 0 saturated carbocycles. The van der Waals surface area contributed by atoms with E-state index in [2.05, 4.69) is 46.9 Å². The third-order valence-corrected chi connectivity index (χ3v) is 16.5. The van der Waals surface area contributed by atoms with Crippen LogP contribution in [0.1, 0.15) is 148 Å². The average molecular weight is 1160 g/mol. The first-order valence-electron chi connectivity index (χ1n) is 27.2. The number of thiophene rings is 4. The average Bonchev–Trinajstić information content (AvgIpc) is 4.45. The van der Waals surface area contributed by atoms with Crippen LogP contribution in [0.15, 0.2) is 153 Å². The van der Waals surface area contributed by atoms with Crippen LogP contribution >= 0.6 is 45.3 Å². The molecule has 11 nitrogen and oxygen atoms in total. The van der Waals surface area contributed by atoms with Gasteiger partial charge in [0, 0.05) is 119 Å². The number of pyridine rings is 6. The Hall–Kier alpha value is -7.56. The van der Waals surface area contributed by atoms with Crippen molar-refractivity contribution in [1.29, 1.82) is 0 Å². The van der Waals surface area contributed by atoms with Crippen molar-refractivity contribution in [2.45, 2.75) is 110 Å². The zero-order valence-electron chi connectivity index (χ0n) is 47.9. The maximum Gasteiger partial charge on any atom is 0.169 e. The molecule has 0 amide bonds. The highest BCUT2D eigenvalue weighted by Crippen LogP contribution is 2.37. The van der Waals surface area contributed by atoms with Crippen molar-refractivity contribution in [2.75, 3.05) is 18.0 Å². The Morgan fingerprint density at radius 2 is 0.790 bits per heavy atom. The summed E-state index contributed by atoms with van der Waals surface area (Å²) in [6.45, 7) is 24.6. The van der Waals surface area contributed by atoms with E-state index < -0.39 is 0 Å². The minimum absolute atomic E-state index is 0. The molecule has 1 aliphatic heterocycles. The van der Waals surface area contributed by atoms with Gasteiger partial charge in [0.2, 0.25) is 0 Å². The van der Waals surface area contributed by atoms with Crippen LogP contribution in [-0.2, 0) is 0 Å². The Labute approximate surface area is 494 Å². The van der Waals surface area contributed by atoms with Gasteiger partial charge in [-0.3, -0.25) is 49.1 Å². The number of hydrogen-bond donors (Lipinski definition) is 0. The number of nitrogens with zero attached hydrogens (tertiary/aromatic N) is 7. The molecule has 12 rings (SSSR count). The SMILES string of the molecule is C.CC.CC.CC.CC.CC(=O)c1cc2c(-c3ccccc3)cncc2s1.CC(=O)c1cc2c(-c3ccccn3)cncc2s1.CC(=O)c1cc2c(-c3cccnc3)cncc2s1.CC(=O)c1cc2c(N3CCCCC3)cncc2s1. The Morgan fingerprint density at radius 3 is 1.22 bits per heavy atom. The molecule has 81 heavy (non-hydrogen) atoms. The van der Waals surface area contributed by atoms with Crippen molar-refractivity contribution in [2.24, 2.45) is 0 Å². The summed E-state index contributed by atoms with van der Waals surface area (Å²) < 4.78 is 4.22. The fourth-order valence-corrected chi connectivity index (χ4v) is 12.0. The number of benzene rings is 1. The van der Waals surface area contributed by atoms with Gasteiger partial charge in [-0.05, 0) is 95.0 Å². The number of fused-ring (bicyclic) bond motifs is 4. The molecule has 0 radical (unpaired) electrons. The largest absolute Gasteiger partial charge is 0.370 e. The van der Waals surface area contributed by atoms with Crippen LogP contribution in [0.3, 0.4) is 0 Å². The smallest absolute Gasteiger partial charge is 0.169 e. The molecule has 0 N–H and O–H groups in total. The summed E-state index contributed by atoms with van der Waals surface area (Å²) in [6.07, 6.45) is 23.8. The van der Waals surface area contributed by atoms with E-state index in [9.17, 15) is 19.2 Å². The molecular weight excluding hydrogens is 1080 g/mol. The van der Waals surface area contributed by atoms with Crippen molar-refractivity contribution in [1.82, 2.24) is 29.9 Å². The van der Waals surface area contributed by atoms with Crippen LogP contribution in [0.4, 0.5) is 5.69 Å². The van der Waals surface area contributed by atoms with Crippen LogP contribution in [0.2, 0.25) is 0 Å². The topological polar surface area (TPSA) is 149 Å². The molecule has 11 aromatic rings. The zero-order chi connectivity index (χ0) is 58.1. The second-order valence-corrected chi connectivity index (χ2v) is 21.2. The predicted octanol–water partition coefficient (Wildman–Crippen LogP) is 19.5. The number of aromatic nitrogens is 6. The highest BCUT2D eigenvalue weighted by atomic mass is 32.1. The summed E-state index contributed by atoms with van der Waals surface area (Å²) >= 11 is 6.00. The lowest BCUT2D eigenvalue weighted by Gasteiger charge is -2.28. The molecule has 0 atom stereocenters. The molecule has 1 aliphatic rings. The van der Waals surface area contributed by atoms with E-state index in [1.54, 1.807) is 70.0 Å². The molecule has 1 aromatic carbocycles. The van der Waals surface area contributed by atoms with Crippen molar-refractivity contribution < 1.29 is 19.2 Å². The van der Waals surface area contributed by atoms with Gasteiger partial charge < -0.3 is 4.90 Å². The van der Waals surface area contributed by atoms with Gasteiger partial charge >= 0.3 is 0 Å². The number of ketones is 4. The van der Waals surface area contributed by atoms with Gasteiger partial charge in [-0.2, -0.15) is 0 Å². The van der Waals surface area contributed by atoms with E-state index in [0.29, 0.717) is 0 Å². The first kappa shape index (κ1) is 66.0. The van der Waals surface area contributed by atoms with Gasteiger partial charge in [0.05, 0.1) is 55.9 Å². The van der Waals surface area contributed by atoms with Crippen LogP contribution in [-0.4, -0.2) is 66.1 Å². The monoisotopic (exact) mass is 1160 g/mol. The number of anilines is 1. The number of rotatable bonds is 8. The first-order valence-corrected chi connectivity index (χ1v) is 30.4. The Balaban J connectivity index is 0.000000222. The second kappa shape index (κ2) is 33.9. The third kappa shape index (κ3) is 17.2. The van der Waals surface area contributed by atoms with E-state index in [1.807, 2.05) is 165 Å². The molecule has 0 unspecified atom stereocenters. The Kier molecular flexibility index (Phi) is 27.6. The summed E-state index contributed by atoms with van der Waals surface area (Å²) in [4.78, 5) is 76.8. The molecule has 15 heteroatoms. The highest BCUT2D eigenvalue weighted by molar-refractivity contribution is 7.22. The lowest BCUT2D eigenvalue weighted by atomic mass is 10.0. The van der Waals surface area contributed by atoms with Gasteiger partial charge in [-0.15, -0.1) is 45.3 Å². The molecular formula is C66H75N7O4S4. The predicted molar refractivity (Wildman–Crippen MR) is 349 cm³/mol. The first-order chi connectivity index (χ1) is 39.0. The van der Waals surface area contributed by atoms with Gasteiger partial charge in [-0.25, -0.2) is 0 Å².